The minimum absolute atomic E-state index is 0.0107. The molecule has 3 N–H and O–H groups in total. The normalized spacial score (nSPS) is 22.1. The zero-order valence-corrected chi connectivity index (χ0v) is 13.1. The number of amides is 1. The Hall–Kier alpha value is -1.59. The second-order valence-electron chi connectivity index (χ2n) is 5.86. The van der Waals surface area contributed by atoms with Crippen molar-refractivity contribution in [2.75, 3.05) is 18.9 Å². The molecule has 1 aliphatic rings. The van der Waals surface area contributed by atoms with Crippen LogP contribution in [0.3, 0.4) is 0 Å². The highest BCUT2D eigenvalue weighted by Crippen LogP contribution is 2.36. The summed E-state index contributed by atoms with van der Waals surface area (Å²) < 4.78 is 1.04. The number of carbonyl (C=O) groups excluding carboxylic acids is 1. The Balaban J connectivity index is 2.00. The predicted molar refractivity (Wildman–Crippen MR) is 86.7 cm³/mol. The van der Waals surface area contributed by atoms with Crippen molar-refractivity contribution in [3.63, 3.8) is 0 Å². The second kappa shape index (κ2) is 5.31. The van der Waals surface area contributed by atoms with Crippen molar-refractivity contribution in [1.82, 2.24) is 4.90 Å². The number of hydrogen-bond acceptors (Lipinski definition) is 4. The van der Waals surface area contributed by atoms with E-state index in [1.54, 1.807) is 4.90 Å². The summed E-state index contributed by atoms with van der Waals surface area (Å²) in [4.78, 5) is 15.2. The standard InChI is InChI=1S/C16H20N2O2S/c1-9-3-4-13-11(7-9)14(17)15(21-13)16(20)18-6-5-10(2)12(18)8-19/h3-4,7,10,12,19H,5-6,8,17H2,1-2H3. The molecule has 0 spiro atoms. The van der Waals surface area contributed by atoms with Crippen LogP contribution in [0.25, 0.3) is 10.1 Å². The molecular weight excluding hydrogens is 284 g/mol. The van der Waals surface area contributed by atoms with Crippen molar-refractivity contribution in [2.24, 2.45) is 5.92 Å². The summed E-state index contributed by atoms with van der Waals surface area (Å²) in [5, 5.41) is 10.5. The molecule has 0 aliphatic carbocycles. The number of anilines is 1. The number of thiophene rings is 1. The van der Waals surface area contributed by atoms with Crippen LogP contribution in [0.2, 0.25) is 0 Å². The molecule has 21 heavy (non-hydrogen) atoms. The predicted octanol–water partition coefficient (Wildman–Crippen LogP) is 2.63. The average molecular weight is 304 g/mol. The summed E-state index contributed by atoms with van der Waals surface area (Å²) in [5.74, 6) is 0.284. The lowest BCUT2D eigenvalue weighted by molar-refractivity contribution is 0.0654. The number of nitrogens with zero attached hydrogens (tertiary/aromatic N) is 1. The Morgan fingerprint density at radius 1 is 1.52 bits per heavy atom. The summed E-state index contributed by atoms with van der Waals surface area (Å²) in [5.41, 5.74) is 7.90. The van der Waals surface area contributed by atoms with E-state index in [0.717, 1.165) is 22.1 Å². The van der Waals surface area contributed by atoms with Gasteiger partial charge in [-0.1, -0.05) is 18.6 Å². The number of aliphatic hydroxyl groups is 1. The highest BCUT2D eigenvalue weighted by Gasteiger charge is 2.35. The van der Waals surface area contributed by atoms with Crippen LogP contribution in [0.4, 0.5) is 5.69 Å². The second-order valence-corrected chi connectivity index (χ2v) is 6.91. The first kappa shape index (κ1) is 14.4. The van der Waals surface area contributed by atoms with E-state index in [2.05, 4.69) is 6.92 Å². The topological polar surface area (TPSA) is 66.6 Å². The van der Waals surface area contributed by atoms with Gasteiger partial charge in [-0.05, 0) is 31.4 Å². The molecular formula is C16H20N2O2S. The number of likely N-dealkylation sites (tertiary alicyclic amines) is 1. The fraction of sp³-hybridized carbons (Fsp3) is 0.438. The third kappa shape index (κ3) is 2.30. The van der Waals surface area contributed by atoms with Gasteiger partial charge in [0.25, 0.3) is 5.91 Å². The van der Waals surface area contributed by atoms with Gasteiger partial charge in [-0.25, -0.2) is 0 Å². The van der Waals surface area contributed by atoms with Crippen molar-refractivity contribution in [3.8, 4) is 0 Å². The molecule has 1 fully saturated rings. The molecule has 3 rings (SSSR count). The lowest BCUT2D eigenvalue weighted by Crippen LogP contribution is -2.39. The van der Waals surface area contributed by atoms with E-state index in [0.29, 0.717) is 23.0 Å². The molecule has 2 aromatic rings. The molecule has 0 radical (unpaired) electrons. The van der Waals surface area contributed by atoms with Crippen molar-refractivity contribution >= 4 is 33.0 Å². The number of aryl methyl sites for hydroxylation is 1. The first-order valence-corrected chi connectivity index (χ1v) is 8.05. The molecule has 1 aliphatic heterocycles. The quantitative estimate of drug-likeness (QED) is 0.896. The number of nitrogen functional groups attached to an aromatic ring is 1. The molecule has 1 saturated heterocycles. The number of hydrogen-bond donors (Lipinski definition) is 2. The van der Waals surface area contributed by atoms with E-state index in [1.807, 2.05) is 25.1 Å². The van der Waals surface area contributed by atoms with Gasteiger partial charge in [0.05, 0.1) is 18.3 Å². The highest BCUT2D eigenvalue weighted by atomic mass is 32.1. The SMILES string of the molecule is Cc1ccc2sc(C(=O)N3CCC(C)C3CO)c(N)c2c1. The van der Waals surface area contributed by atoms with Crippen molar-refractivity contribution in [3.05, 3.63) is 28.6 Å². The van der Waals surface area contributed by atoms with Gasteiger partial charge >= 0.3 is 0 Å². The zero-order chi connectivity index (χ0) is 15.1. The first-order chi connectivity index (χ1) is 10.0. The van der Waals surface area contributed by atoms with Crippen LogP contribution >= 0.6 is 11.3 Å². The van der Waals surface area contributed by atoms with E-state index in [1.165, 1.54) is 11.3 Å². The van der Waals surface area contributed by atoms with Crippen LogP contribution in [0.1, 0.15) is 28.6 Å². The van der Waals surface area contributed by atoms with Crippen molar-refractivity contribution < 1.29 is 9.90 Å². The van der Waals surface area contributed by atoms with Gasteiger partial charge in [-0.15, -0.1) is 11.3 Å². The van der Waals surface area contributed by atoms with E-state index < -0.39 is 0 Å². The number of rotatable bonds is 2. The van der Waals surface area contributed by atoms with Gasteiger partial charge in [0, 0.05) is 16.6 Å². The van der Waals surface area contributed by atoms with Crippen LogP contribution in [0.15, 0.2) is 18.2 Å². The molecule has 112 valence electrons. The minimum atomic E-state index is -0.0937. The van der Waals surface area contributed by atoms with Gasteiger partial charge in [-0.2, -0.15) is 0 Å². The van der Waals surface area contributed by atoms with Crippen LogP contribution in [0, 0.1) is 12.8 Å². The first-order valence-electron chi connectivity index (χ1n) is 7.23. The Labute approximate surface area is 128 Å². The van der Waals surface area contributed by atoms with Gasteiger partial charge in [0.2, 0.25) is 0 Å². The third-order valence-corrected chi connectivity index (χ3v) is 5.58. The monoisotopic (exact) mass is 304 g/mol. The molecule has 1 aromatic heterocycles. The van der Waals surface area contributed by atoms with Crippen molar-refractivity contribution in [1.29, 1.82) is 0 Å². The van der Waals surface area contributed by atoms with Crippen LogP contribution in [-0.2, 0) is 0 Å². The molecule has 2 atom stereocenters. The molecule has 0 bridgehead atoms. The fourth-order valence-corrected chi connectivity index (χ4v) is 4.12. The molecule has 5 heteroatoms. The maximum absolute atomic E-state index is 12.8. The number of fused-ring (bicyclic) bond motifs is 1. The lowest BCUT2D eigenvalue weighted by atomic mass is 10.0. The smallest absolute Gasteiger partial charge is 0.266 e. The number of carbonyl (C=O) groups is 1. The number of nitrogens with two attached hydrogens (primary N) is 1. The average Bonchev–Trinajstić information content (AvgIpc) is 2.99. The minimum Gasteiger partial charge on any atom is -0.397 e. The largest absolute Gasteiger partial charge is 0.397 e. The Kier molecular flexibility index (Phi) is 3.63. The fourth-order valence-electron chi connectivity index (χ4n) is 3.06. The molecule has 0 saturated carbocycles. The van der Waals surface area contributed by atoms with Gasteiger partial charge in [0.1, 0.15) is 4.88 Å². The summed E-state index contributed by atoms with van der Waals surface area (Å²) in [7, 11) is 0. The Morgan fingerprint density at radius 3 is 3.00 bits per heavy atom. The van der Waals surface area contributed by atoms with Crippen LogP contribution in [-0.4, -0.2) is 35.1 Å². The summed E-state index contributed by atoms with van der Waals surface area (Å²) in [6, 6.07) is 5.97. The van der Waals surface area contributed by atoms with E-state index in [4.69, 9.17) is 5.73 Å². The Bertz CT molecular complexity index is 695. The molecule has 2 heterocycles. The van der Waals surface area contributed by atoms with E-state index >= 15 is 0 Å². The maximum Gasteiger partial charge on any atom is 0.266 e. The summed E-state index contributed by atoms with van der Waals surface area (Å²) >= 11 is 1.44. The number of aliphatic hydroxyl groups excluding tert-OH is 1. The molecule has 1 aromatic carbocycles. The Morgan fingerprint density at radius 2 is 2.29 bits per heavy atom. The van der Waals surface area contributed by atoms with Crippen LogP contribution < -0.4 is 5.73 Å². The summed E-state index contributed by atoms with van der Waals surface area (Å²) in [6.45, 7) is 4.79. The number of benzene rings is 1. The molecule has 2 unspecified atom stereocenters. The lowest BCUT2D eigenvalue weighted by Gasteiger charge is -2.24. The third-order valence-electron chi connectivity index (χ3n) is 4.41. The summed E-state index contributed by atoms with van der Waals surface area (Å²) in [6.07, 6.45) is 0.931. The van der Waals surface area contributed by atoms with Gasteiger partial charge in [0.15, 0.2) is 0 Å². The highest BCUT2D eigenvalue weighted by molar-refractivity contribution is 7.21. The zero-order valence-electron chi connectivity index (χ0n) is 12.3. The van der Waals surface area contributed by atoms with Crippen molar-refractivity contribution in [2.45, 2.75) is 26.3 Å². The van der Waals surface area contributed by atoms with Gasteiger partial charge < -0.3 is 15.7 Å². The van der Waals surface area contributed by atoms with E-state index in [-0.39, 0.29) is 18.6 Å². The molecule has 1 amide bonds. The maximum atomic E-state index is 12.8. The van der Waals surface area contributed by atoms with Crippen LogP contribution in [0.5, 0.6) is 0 Å². The van der Waals surface area contributed by atoms with E-state index in [9.17, 15) is 9.90 Å². The van der Waals surface area contributed by atoms with Gasteiger partial charge in [-0.3, -0.25) is 4.79 Å². The molecule has 4 nitrogen and oxygen atoms in total.